The lowest BCUT2D eigenvalue weighted by Gasteiger charge is -2.41. The molecule has 0 aromatic heterocycles. The molecule has 0 aromatic carbocycles. The predicted molar refractivity (Wildman–Crippen MR) is 131 cm³/mol. The van der Waals surface area contributed by atoms with Gasteiger partial charge in [-0.05, 0) is 69.8 Å². The van der Waals surface area contributed by atoms with E-state index in [0.717, 1.165) is 6.42 Å². The molecule has 4 saturated heterocycles. The lowest BCUT2D eigenvalue weighted by Crippen LogP contribution is -2.51. The fraction of sp³-hybridized carbons (Fsp3) is 0.862. The van der Waals surface area contributed by atoms with Crippen LogP contribution < -0.4 is 0 Å². The van der Waals surface area contributed by atoms with Crippen LogP contribution in [0.15, 0.2) is 11.6 Å². The van der Waals surface area contributed by atoms with Crippen LogP contribution in [-0.4, -0.2) is 74.3 Å². The summed E-state index contributed by atoms with van der Waals surface area (Å²) in [5.41, 5.74) is -2.01. The smallest absolute Gasteiger partial charge is 0.334 e. The monoisotopic (exact) mass is 532 g/mol. The second kappa shape index (κ2) is 7.40. The van der Waals surface area contributed by atoms with Crippen LogP contribution >= 0.6 is 0 Å². The number of esters is 2. The summed E-state index contributed by atoms with van der Waals surface area (Å²) in [7, 11) is 0. The minimum Gasteiger partial charge on any atom is -0.456 e. The normalized spacial score (nSPS) is 55.4. The van der Waals surface area contributed by atoms with Crippen LogP contribution in [0.25, 0.3) is 0 Å². The van der Waals surface area contributed by atoms with E-state index < -0.39 is 46.9 Å². The highest BCUT2D eigenvalue weighted by molar-refractivity contribution is 5.90. The molecule has 6 fully saturated rings. The van der Waals surface area contributed by atoms with E-state index in [9.17, 15) is 24.9 Å². The van der Waals surface area contributed by atoms with Crippen LogP contribution in [0.2, 0.25) is 0 Å². The second-order valence-electron chi connectivity index (χ2n) is 14.2. The summed E-state index contributed by atoms with van der Waals surface area (Å²) in [5, 5.41) is 35.1. The third-order valence-corrected chi connectivity index (χ3v) is 11.9. The summed E-state index contributed by atoms with van der Waals surface area (Å²) in [6.45, 7) is 9.80. The zero-order chi connectivity index (χ0) is 27.2. The topological polar surface area (TPSA) is 132 Å². The highest BCUT2D eigenvalue weighted by Gasteiger charge is 2.82. The van der Waals surface area contributed by atoms with E-state index in [1.54, 1.807) is 13.0 Å². The van der Waals surface area contributed by atoms with Gasteiger partial charge in [0.25, 0.3) is 0 Å². The average Bonchev–Trinajstić information content (AvgIpc) is 3.02. The van der Waals surface area contributed by atoms with E-state index in [4.69, 9.17) is 18.9 Å². The van der Waals surface area contributed by atoms with Crippen molar-refractivity contribution < 1.29 is 43.9 Å². The van der Waals surface area contributed by atoms with Crippen LogP contribution in [0, 0.1) is 35.0 Å². The third kappa shape index (κ3) is 2.95. The quantitative estimate of drug-likeness (QED) is 0.467. The molecule has 1 unspecified atom stereocenters. The Kier molecular flexibility index (Phi) is 4.96. The number of carbonyl (C=O) groups excluding carboxylic acids is 2. The summed E-state index contributed by atoms with van der Waals surface area (Å²) in [4.78, 5) is 24.4. The van der Waals surface area contributed by atoms with Crippen molar-refractivity contribution in [2.45, 2.75) is 120 Å². The number of aliphatic hydroxyl groups is 3. The first-order valence-electron chi connectivity index (χ1n) is 14.3. The number of hydrogen-bond acceptors (Lipinski definition) is 9. The van der Waals surface area contributed by atoms with Gasteiger partial charge in [-0.1, -0.05) is 13.8 Å². The molecule has 2 spiro atoms. The van der Waals surface area contributed by atoms with Crippen LogP contribution in [0.5, 0.6) is 0 Å². The van der Waals surface area contributed by atoms with Gasteiger partial charge in [-0.3, -0.25) is 4.79 Å². The van der Waals surface area contributed by atoms with Crippen molar-refractivity contribution in [3.05, 3.63) is 11.6 Å². The fourth-order valence-electron chi connectivity index (χ4n) is 10.3. The molecule has 13 atom stereocenters. The standard InChI is InChI=1S/C29H40O9/c1-13-10-16(35-24(13)33)21(31)14(2)20-22-26(20,5)8-9-27-12-28-17(7-6-15(27)23(32)29(22,34)38-27)25(3,4)36-18(28)11-19(30)37-28/h10,14-18,20-23,31-32,34H,6-9,11-12H2,1-5H3/t14-,15-,16-,17-,18+,20+,21-,22?,23+,26+,27-,28+,29-/m0/s1. The molecule has 0 radical (unpaired) electrons. The Balaban J connectivity index is 1.21. The lowest BCUT2D eigenvalue weighted by atomic mass is 9.69. The van der Waals surface area contributed by atoms with E-state index in [2.05, 4.69) is 20.8 Å². The molecular formula is C29H40O9. The van der Waals surface area contributed by atoms with E-state index in [1.165, 1.54) is 0 Å². The minimum absolute atomic E-state index is 0.0164. The molecule has 9 heteroatoms. The molecule has 2 aliphatic carbocycles. The molecule has 0 amide bonds. The van der Waals surface area contributed by atoms with Crippen molar-refractivity contribution >= 4 is 11.9 Å². The van der Waals surface area contributed by atoms with Crippen molar-refractivity contribution in [2.24, 2.45) is 35.0 Å². The van der Waals surface area contributed by atoms with Gasteiger partial charge >= 0.3 is 11.9 Å². The van der Waals surface area contributed by atoms with Crippen molar-refractivity contribution in [3.63, 3.8) is 0 Å². The zero-order valence-corrected chi connectivity index (χ0v) is 22.8. The van der Waals surface area contributed by atoms with Crippen LogP contribution in [-0.2, 0) is 28.5 Å². The first-order valence-corrected chi connectivity index (χ1v) is 14.3. The molecule has 0 aromatic rings. The summed E-state index contributed by atoms with van der Waals surface area (Å²) >= 11 is 0. The first kappa shape index (κ1) is 25.4. The van der Waals surface area contributed by atoms with Crippen molar-refractivity contribution in [2.75, 3.05) is 0 Å². The van der Waals surface area contributed by atoms with E-state index in [1.807, 2.05) is 6.92 Å². The van der Waals surface area contributed by atoms with Gasteiger partial charge in [0.1, 0.15) is 23.9 Å². The van der Waals surface area contributed by atoms with Gasteiger partial charge in [0.2, 0.25) is 0 Å². The number of carbonyl (C=O) groups is 2. The summed E-state index contributed by atoms with van der Waals surface area (Å²) in [6, 6.07) is 0. The molecule has 5 aliphatic heterocycles. The van der Waals surface area contributed by atoms with Crippen LogP contribution in [0.1, 0.15) is 73.1 Å². The van der Waals surface area contributed by atoms with Crippen molar-refractivity contribution in [1.29, 1.82) is 0 Å². The SMILES string of the molecule is CC1=C[C@@H]([C@@H](O)[C@@H](C)[C@@H]2C3[C@]2(C)CC[C@]24C[C@]56OC(=O)C[C@H]5OC(C)(C)[C@@H]6CC[C@H]2[C@@H](O)[C@@]3(O)O4)OC1=O. The van der Waals surface area contributed by atoms with Gasteiger partial charge in [-0.15, -0.1) is 0 Å². The molecule has 210 valence electrons. The van der Waals surface area contributed by atoms with Gasteiger partial charge in [-0.25, -0.2) is 4.79 Å². The molecule has 3 N–H and O–H groups in total. The highest BCUT2D eigenvalue weighted by atomic mass is 16.7. The minimum atomic E-state index is -1.77. The fourth-order valence-corrected chi connectivity index (χ4v) is 10.3. The van der Waals surface area contributed by atoms with E-state index >= 15 is 0 Å². The highest BCUT2D eigenvalue weighted by Crippen LogP contribution is 2.76. The maximum Gasteiger partial charge on any atom is 0.334 e. The molecule has 2 bridgehead atoms. The Hall–Kier alpha value is -1.52. The Bertz CT molecular complexity index is 1130. The number of ether oxygens (including phenoxy) is 4. The Morgan fingerprint density at radius 3 is 2.55 bits per heavy atom. The number of rotatable bonds is 3. The number of hydrogen-bond donors (Lipinski definition) is 3. The predicted octanol–water partition coefficient (Wildman–Crippen LogP) is 2.00. The first-order chi connectivity index (χ1) is 17.7. The van der Waals surface area contributed by atoms with Gasteiger partial charge < -0.3 is 34.3 Å². The van der Waals surface area contributed by atoms with Gasteiger partial charge in [0, 0.05) is 29.7 Å². The average molecular weight is 533 g/mol. The van der Waals surface area contributed by atoms with Gasteiger partial charge in [0.15, 0.2) is 5.79 Å². The van der Waals surface area contributed by atoms with Gasteiger partial charge in [0.05, 0.1) is 23.7 Å². The number of cyclic esters (lactones) is 1. The largest absolute Gasteiger partial charge is 0.456 e. The summed E-state index contributed by atoms with van der Waals surface area (Å²) in [6.07, 6.45) is 1.88. The zero-order valence-electron chi connectivity index (χ0n) is 22.8. The summed E-state index contributed by atoms with van der Waals surface area (Å²) in [5.74, 6) is -3.57. The van der Waals surface area contributed by atoms with Crippen LogP contribution in [0.4, 0.5) is 0 Å². The van der Waals surface area contributed by atoms with E-state index in [-0.39, 0.29) is 53.5 Å². The maximum atomic E-state index is 12.5. The van der Waals surface area contributed by atoms with Crippen molar-refractivity contribution in [1.82, 2.24) is 0 Å². The molecular weight excluding hydrogens is 492 g/mol. The molecule has 7 aliphatic rings. The van der Waals surface area contributed by atoms with Gasteiger partial charge in [-0.2, -0.15) is 0 Å². The lowest BCUT2D eigenvalue weighted by molar-refractivity contribution is -0.271. The van der Waals surface area contributed by atoms with E-state index in [0.29, 0.717) is 31.3 Å². The van der Waals surface area contributed by atoms with Crippen molar-refractivity contribution in [3.8, 4) is 0 Å². The number of aliphatic hydroxyl groups excluding tert-OH is 2. The molecule has 2 saturated carbocycles. The third-order valence-electron chi connectivity index (χ3n) is 11.9. The molecule has 7 rings (SSSR count). The maximum absolute atomic E-state index is 12.5. The Morgan fingerprint density at radius 1 is 1.13 bits per heavy atom. The molecule has 38 heavy (non-hydrogen) atoms. The Morgan fingerprint density at radius 2 is 1.87 bits per heavy atom. The Labute approximate surface area is 222 Å². The number of fused-ring (bicyclic) bond motifs is 3. The molecule has 5 heterocycles. The van der Waals surface area contributed by atoms with Crippen LogP contribution in [0.3, 0.4) is 0 Å². The summed E-state index contributed by atoms with van der Waals surface area (Å²) < 4.78 is 24.6. The second-order valence-corrected chi connectivity index (χ2v) is 14.2. The molecule has 9 nitrogen and oxygen atoms in total.